The van der Waals surface area contributed by atoms with E-state index >= 15 is 0 Å². The van der Waals surface area contributed by atoms with Crippen LogP contribution >= 0.6 is 39.5 Å². The third-order valence-corrected chi connectivity index (χ3v) is 5.80. The quantitative estimate of drug-likeness (QED) is 0.569. The molecule has 5 heteroatoms. The van der Waals surface area contributed by atoms with E-state index in [1.54, 1.807) is 0 Å². The van der Waals surface area contributed by atoms with Crippen molar-refractivity contribution in [2.45, 2.75) is 25.3 Å². The average Bonchev–Trinajstić information content (AvgIpc) is 3.02. The molecule has 102 valence electrons. The highest BCUT2D eigenvalue weighted by Crippen LogP contribution is 2.38. The van der Waals surface area contributed by atoms with Crippen LogP contribution in [0.25, 0.3) is 11.0 Å². The van der Waals surface area contributed by atoms with Crippen LogP contribution in [0, 0.1) is 4.77 Å². The summed E-state index contributed by atoms with van der Waals surface area (Å²) >= 11 is 11.0. The minimum Gasteiger partial charge on any atom is -0.331 e. The van der Waals surface area contributed by atoms with Gasteiger partial charge in [0.25, 0.3) is 0 Å². The molecule has 0 saturated heterocycles. The van der Waals surface area contributed by atoms with E-state index in [-0.39, 0.29) is 0 Å². The SMILES string of the molecule is S=c1[nH]c2ccc(Br)cc2n1C1CCCc2sccc21. The Hall–Kier alpha value is -0.910. The number of hydrogen-bond acceptors (Lipinski definition) is 2. The molecule has 0 amide bonds. The van der Waals surface area contributed by atoms with Crippen LogP contribution in [0.3, 0.4) is 0 Å². The summed E-state index contributed by atoms with van der Waals surface area (Å²) in [5.74, 6) is 0. The van der Waals surface area contributed by atoms with Crippen molar-refractivity contribution in [3.63, 3.8) is 0 Å². The fourth-order valence-corrected chi connectivity index (χ4v) is 4.80. The number of benzene rings is 1. The Balaban J connectivity index is 1.98. The fourth-order valence-electron chi connectivity index (χ4n) is 3.13. The molecule has 2 heterocycles. The van der Waals surface area contributed by atoms with Gasteiger partial charge < -0.3 is 9.55 Å². The van der Waals surface area contributed by atoms with E-state index in [0.29, 0.717) is 6.04 Å². The lowest BCUT2D eigenvalue weighted by Gasteiger charge is -2.24. The zero-order chi connectivity index (χ0) is 13.7. The van der Waals surface area contributed by atoms with Gasteiger partial charge in [-0.1, -0.05) is 15.9 Å². The van der Waals surface area contributed by atoms with Gasteiger partial charge in [-0.2, -0.15) is 0 Å². The highest BCUT2D eigenvalue weighted by Gasteiger charge is 2.24. The summed E-state index contributed by atoms with van der Waals surface area (Å²) in [6.07, 6.45) is 3.61. The molecule has 2 aromatic heterocycles. The number of imidazole rings is 1. The normalized spacial score (nSPS) is 18.4. The zero-order valence-corrected chi connectivity index (χ0v) is 13.9. The Bertz CT molecular complexity index is 843. The molecular weight excluding hydrogens is 352 g/mol. The van der Waals surface area contributed by atoms with Gasteiger partial charge in [0.15, 0.2) is 4.77 Å². The van der Waals surface area contributed by atoms with Crippen LogP contribution in [0.5, 0.6) is 0 Å². The van der Waals surface area contributed by atoms with Gasteiger partial charge >= 0.3 is 0 Å². The Morgan fingerprint density at radius 2 is 2.25 bits per heavy atom. The number of thiophene rings is 1. The van der Waals surface area contributed by atoms with Crippen LogP contribution in [0.15, 0.2) is 34.1 Å². The summed E-state index contributed by atoms with van der Waals surface area (Å²) in [4.78, 5) is 4.86. The summed E-state index contributed by atoms with van der Waals surface area (Å²) in [5.41, 5.74) is 3.76. The molecule has 0 aliphatic heterocycles. The lowest BCUT2D eigenvalue weighted by atomic mass is 9.94. The van der Waals surface area contributed by atoms with Crippen LogP contribution in [-0.4, -0.2) is 9.55 Å². The van der Waals surface area contributed by atoms with Gasteiger partial charge in [-0.05, 0) is 66.7 Å². The summed E-state index contributed by atoms with van der Waals surface area (Å²) in [6.45, 7) is 0. The van der Waals surface area contributed by atoms with Crippen molar-refractivity contribution in [1.82, 2.24) is 9.55 Å². The van der Waals surface area contributed by atoms with Crippen LogP contribution < -0.4 is 0 Å². The van der Waals surface area contributed by atoms with E-state index in [2.05, 4.69) is 55.1 Å². The molecule has 4 rings (SSSR count). The second-order valence-corrected chi connectivity index (χ2v) is 7.47. The smallest absolute Gasteiger partial charge is 0.178 e. The summed E-state index contributed by atoms with van der Waals surface area (Å²) in [6, 6.07) is 8.93. The molecule has 20 heavy (non-hydrogen) atoms. The van der Waals surface area contributed by atoms with Gasteiger partial charge in [0.2, 0.25) is 0 Å². The molecule has 1 aliphatic carbocycles. The van der Waals surface area contributed by atoms with Crippen molar-refractivity contribution in [3.8, 4) is 0 Å². The van der Waals surface area contributed by atoms with Gasteiger partial charge in [0.05, 0.1) is 17.1 Å². The van der Waals surface area contributed by atoms with Gasteiger partial charge in [-0.25, -0.2) is 0 Å². The molecular formula is C15H13BrN2S2. The maximum absolute atomic E-state index is 5.58. The number of hydrogen-bond donors (Lipinski definition) is 1. The second kappa shape index (κ2) is 4.83. The van der Waals surface area contributed by atoms with Crippen LogP contribution in [-0.2, 0) is 6.42 Å². The molecule has 0 bridgehead atoms. The lowest BCUT2D eigenvalue weighted by molar-refractivity contribution is 0.500. The standard InChI is InChI=1S/C15H13BrN2S2/c16-9-4-5-11-13(8-9)18(15(19)17-11)12-2-1-3-14-10(12)6-7-20-14/h4-8,12H,1-3H2,(H,17,19). The van der Waals surface area contributed by atoms with Gasteiger partial charge in [-0.15, -0.1) is 11.3 Å². The molecule has 0 radical (unpaired) electrons. The summed E-state index contributed by atoms with van der Waals surface area (Å²) < 4.78 is 4.21. The van der Waals surface area contributed by atoms with Crippen molar-refractivity contribution in [2.24, 2.45) is 0 Å². The first-order valence-corrected chi connectivity index (χ1v) is 8.78. The van der Waals surface area contributed by atoms with E-state index in [1.165, 1.54) is 28.8 Å². The number of H-pyrrole nitrogens is 1. The van der Waals surface area contributed by atoms with Crippen molar-refractivity contribution >= 4 is 50.5 Å². The van der Waals surface area contributed by atoms with Gasteiger partial charge in [-0.3, -0.25) is 0 Å². The molecule has 1 aromatic carbocycles. The first-order chi connectivity index (χ1) is 9.74. The minimum absolute atomic E-state index is 0.376. The number of rotatable bonds is 1. The van der Waals surface area contributed by atoms with E-state index in [1.807, 2.05) is 11.3 Å². The maximum atomic E-state index is 5.58. The Morgan fingerprint density at radius 1 is 1.35 bits per heavy atom. The Labute approximate surface area is 134 Å². The number of nitrogens with one attached hydrogen (secondary N) is 1. The molecule has 2 nitrogen and oxygen atoms in total. The minimum atomic E-state index is 0.376. The number of aryl methyl sites for hydroxylation is 1. The van der Waals surface area contributed by atoms with E-state index in [9.17, 15) is 0 Å². The summed E-state index contributed by atoms with van der Waals surface area (Å²) in [5, 5.41) is 2.21. The topological polar surface area (TPSA) is 20.7 Å². The third-order valence-electron chi connectivity index (χ3n) is 4.01. The molecule has 1 aliphatic rings. The molecule has 0 spiro atoms. The largest absolute Gasteiger partial charge is 0.331 e. The number of nitrogens with zero attached hydrogens (tertiary/aromatic N) is 1. The first-order valence-electron chi connectivity index (χ1n) is 6.70. The maximum Gasteiger partial charge on any atom is 0.178 e. The van der Waals surface area contributed by atoms with Crippen molar-refractivity contribution < 1.29 is 0 Å². The van der Waals surface area contributed by atoms with Crippen LogP contribution in [0.4, 0.5) is 0 Å². The van der Waals surface area contributed by atoms with Gasteiger partial charge in [0.1, 0.15) is 0 Å². The molecule has 0 fully saturated rings. The highest BCUT2D eigenvalue weighted by molar-refractivity contribution is 9.10. The molecule has 1 atom stereocenters. The zero-order valence-electron chi connectivity index (χ0n) is 10.7. The van der Waals surface area contributed by atoms with Gasteiger partial charge in [0, 0.05) is 9.35 Å². The lowest BCUT2D eigenvalue weighted by Crippen LogP contribution is -2.15. The first kappa shape index (κ1) is 12.8. The summed E-state index contributed by atoms with van der Waals surface area (Å²) in [7, 11) is 0. The number of fused-ring (bicyclic) bond motifs is 2. The molecule has 1 N–H and O–H groups in total. The van der Waals surface area contributed by atoms with Crippen molar-refractivity contribution in [2.75, 3.05) is 0 Å². The van der Waals surface area contributed by atoms with Crippen molar-refractivity contribution in [3.05, 3.63) is 49.3 Å². The predicted molar refractivity (Wildman–Crippen MR) is 90.2 cm³/mol. The fraction of sp³-hybridized carbons (Fsp3) is 0.267. The number of aromatic nitrogens is 2. The molecule has 3 aromatic rings. The molecule has 1 unspecified atom stereocenters. The number of halogens is 1. The number of aromatic amines is 1. The van der Waals surface area contributed by atoms with E-state index in [4.69, 9.17) is 12.2 Å². The van der Waals surface area contributed by atoms with Crippen LogP contribution in [0.2, 0.25) is 0 Å². The van der Waals surface area contributed by atoms with E-state index < -0.39 is 0 Å². The second-order valence-electron chi connectivity index (χ2n) is 5.17. The monoisotopic (exact) mass is 364 g/mol. The predicted octanol–water partition coefficient (Wildman–Crippen LogP) is 5.45. The third kappa shape index (κ3) is 1.91. The Kier molecular flexibility index (Phi) is 3.09. The van der Waals surface area contributed by atoms with Crippen molar-refractivity contribution in [1.29, 1.82) is 0 Å². The average molecular weight is 365 g/mol. The van der Waals surface area contributed by atoms with E-state index in [0.717, 1.165) is 21.2 Å². The molecule has 0 saturated carbocycles. The highest BCUT2D eigenvalue weighted by atomic mass is 79.9. The van der Waals surface area contributed by atoms with Crippen LogP contribution in [0.1, 0.15) is 29.3 Å². The Morgan fingerprint density at radius 3 is 3.15 bits per heavy atom.